The molecule has 0 amide bonds. The average molecular weight is 378 g/mol. The predicted octanol–water partition coefficient (Wildman–Crippen LogP) is 4.02. The lowest BCUT2D eigenvalue weighted by atomic mass is 9.98. The van der Waals surface area contributed by atoms with Crippen LogP contribution in [-0.4, -0.2) is 28.5 Å². The van der Waals surface area contributed by atoms with Crippen LogP contribution in [0.5, 0.6) is 0 Å². The number of esters is 1. The lowest BCUT2D eigenvalue weighted by Crippen LogP contribution is -2.15. The maximum Gasteiger partial charge on any atom is 0.306 e. The topological polar surface area (TPSA) is 82.3 Å². The van der Waals surface area contributed by atoms with Crippen molar-refractivity contribution in [3.63, 3.8) is 0 Å². The van der Waals surface area contributed by atoms with Gasteiger partial charge in [0.25, 0.3) is 0 Å². The maximum absolute atomic E-state index is 12.3. The molecule has 0 saturated heterocycles. The maximum atomic E-state index is 12.3. The smallest absolute Gasteiger partial charge is 0.306 e. The number of carbonyl (C=O) groups is 2. The van der Waals surface area contributed by atoms with Gasteiger partial charge in [-0.1, -0.05) is 41.6 Å². The lowest BCUT2D eigenvalue weighted by Gasteiger charge is -2.09. The van der Waals surface area contributed by atoms with Crippen LogP contribution in [0, 0.1) is 20.8 Å². The number of carbonyl (C=O) groups excluding carboxylic acids is 2. The SMILES string of the molecule is Cc1cc(C)c(C(=O)COC(=O)CCc2nc(-c3ccccc3)no2)cc1C. The van der Waals surface area contributed by atoms with E-state index in [9.17, 15) is 9.59 Å². The molecular weight excluding hydrogens is 356 g/mol. The fourth-order valence-corrected chi connectivity index (χ4v) is 2.83. The summed E-state index contributed by atoms with van der Waals surface area (Å²) in [7, 11) is 0. The zero-order chi connectivity index (χ0) is 20.1. The average Bonchev–Trinajstić information content (AvgIpc) is 3.17. The van der Waals surface area contributed by atoms with E-state index in [2.05, 4.69) is 10.1 Å². The number of ether oxygens (including phenoxy) is 1. The van der Waals surface area contributed by atoms with Gasteiger partial charge in [0, 0.05) is 17.5 Å². The Bertz CT molecular complexity index is 993. The minimum atomic E-state index is -0.478. The molecule has 1 aromatic heterocycles. The molecule has 0 aliphatic carbocycles. The third-order valence-corrected chi connectivity index (χ3v) is 4.55. The first kappa shape index (κ1) is 19.5. The van der Waals surface area contributed by atoms with E-state index in [1.165, 1.54) is 0 Å². The Morgan fingerprint density at radius 2 is 1.71 bits per heavy atom. The largest absolute Gasteiger partial charge is 0.457 e. The van der Waals surface area contributed by atoms with E-state index < -0.39 is 5.97 Å². The zero-order valence-electron chi connectivity index (χ0n) is 16.2. The van der Waals surface area contributed by atoms with E-state index in [-0.39, 0.29) is 25.2 Å². The number of hydrogen-bond acceptors (Lipinski definition) is 6. The first-order valence-corrected chi connectivity index (χ1v) is 9.08. The quantitative estimate of drug-likeness (QED) is 0.456. The Kier molecular flexibility index (Phi) is 5.99. The summed E-state index contributed by atoms with van der Waals surface area (Å²) in [5.74, 6) is 0.142. The predicted molar refractivity (Wildman–Crippen MR) is 104 cm³/mol. The van der Waals surface area contributed by atoms with Crippen molar-refractivity contribution in [1.29, 1.82) is 0 Å². The van der Waals surface area contributed by atoms with Crippen LogP contribution in [0.15, 0.2) is 47.0 Å². The van der Waals surface area contributed by atoms with Gasteiger partial charge >= 0.3 is 5.97 Å². The molecule has 0 N–H and O–H groups in total. The Morgan fingerprint density at radius 3 is 2.46 bits per heavy atom. The van der Waals surface area contributed by atoms with Gasteiger partial charge in [-0.2, -0.15) is 4.98 Å². The fourth-order valence-electron chi connectivity index (χ4n) is 2.83. The summed E-state index contributed by atoms with van der Waals surface area (Å²) in [6.45, 7) is 5.55. The summed E-state index contributed by atoms with van der Waals surface area (Å²) in [5.41, 5.74) is 4.46. The summed E-state index contributed by atoms with van der Waals surface area (Å²) in [5, 5.41) is 3.91. The van der Waals surface area contributed by atoms with Crippen LogP contribution in [0.3, 0.4) is 0 Å². The molecule has 6 heteroatoms. The third kappa shape index (κ3) is 4.71. The van der Waals surface area contributed by atoms with Gasteiger partial charge in [0.15, 0.2) is 6.61 Å². The molecule has 0 fully saturated rings. The summed E-state index contributed by atoms with van der Waals surface area (Å²) < 4.78 is 10.3. The number of ketones is 1. The Morgan fingerprint density at radius 1 is 1.00 bits per heavy atom. The van der Waals surface area contributed by atoms with Crippen molar-refractivity contribution in [3.8, 4) is 11.4 Å². The van der Waals surface area contributed by atoms with Crippen LogP contribution in [0.25, 0.3) is 11.4 Å². The second-order valence-electron chi connectivity index (χ2n) is 6.71. The van der Waals surface area contributed by atoms with E-state index in [1.54, 1.807) is 0 Å². The van der Waals surface area contributed by atoms with Crippen molar-refractivity contribution in [2.24, 2.45) is 0 Å². The van der Waals surface area contributed by atoms with Gasteiger partial charge in [0.1, 0.15) is 0 Å². The Hall–Kier alpha value is -3.28. The highest BCUT2D eigenvalue weighted by Gasteiger charge is 2.15. The minimum absolute atomic E-state index is 0.0651. The lowest BCUT2D eigenvalue weighted by molar-refractivity contribution is -0.142. The molecule has 6 nitrogen and oxygen atoms in total. The molecule has 0 unspecified atom stereocenters. The summed E-state index contributed by atoms with van der Waals surface area (Å²) in [6, 6.07) is 13.2. The number of Topliss-reactive ketones (excluding diaryl/α,β-unsaturated/α-hetero) is 1. The first-order chi connectivity index (χ1) is 13.4. The molecule has 0 spiro atoms. The molecule has 144 valence electrons. The van der Waals surface area contributed by atoms with Crippen LogP contribution in [0.2, 0.25) is 0 Å². The molecule has 3 rings (SSSR count). The van der Waals surface area contributed by atoms with Gasteiger partial charge in [-0.25, -0.2) is 0 Å². The first-order valence-electron chi connectivity index (χ1n) is 9.08. The van der Waals surface area contributed by atoms with Gasteiger partial charge in [-0.05, 0) is 43.5 Å². The molecule has 28 heavy (non-hydrogen) atoms. The molecule has 1 heterocycles. The van der Waals surface area contributed by atoms with Gasteiger partial charge in [0.05, 0.1) is 6.42 Å². The molecule has 2 aromatic carbocycles. The molecule has 3 aromatic rings. The monoisotopic (exact) mass is 378 g/mol. The fraction of sp³-hybridized carbons (Fsp3) is 0.273. The number of aryl methyl sites for hydroxylation is 4. The number of rotatable bonds is 7. The second-order valence-corrected chi connectivity index (χ2v) is 6.71. The van der Waals surface area contributed by atoms with Crippen LogP contribution >= 0.6 is 0 Å². The van der Waals surface area contributed by atoms with E-state index in [0.717, 1.165) is 22.3 Å². The van der Waals surface area contributed by atoms with Crippen LogP contribution < -0.4 is 0 Å². The van der Waals surface area contributed by atoms with Crippen molar-refractivity contribution < 1.29 is 18.8 Å². The highest BCUT2D eigenvalue weighted by Crippen LogP contribution is 2.17. The molecular formula is C22H22N2O4. The number of nitrogens with zero attached hydrogens (tertiary/aromatic N) is 2. The van der Waals surface area contributed by atoms with Gasteiger partial charge in [-0.15, -0.1) is 0 Å². The molecule has 0 aliphatic rings. The van der Waals surface area contributed by atoms with Crippen molar-refractivity contribution in [2.45, 2.75) is 33.6 Å². The van der Waals surface area contributed by atoms with E-state index >= 15 is 0 Å². The second kappa shape index (κ2) is 8.61. The molecule has 0 radical (unpaired) electrons. The number of hydrogen-bond donors (Lipinski definition) is 0. The van der Waals surface area contributed by atoms with Gasteiger partial charge in [0.2, 0.25) is 17.5 Å². The minimum Gasteiger partial charge on any atom is -0.457 e. The highest BCUT2D eigenvalue weighted by molar-refractivity contribution is 5.99. The molecule has 0 saturated carbocycles. The standard InChI is InChI=1S/C22H22N2O4/c1-14-11-16(3)18(12-15(14)2)19(25)13-27-21(26)10-9-20-23-22(24-28-20)17-7-5-4-6-8-17/h4-8,11-12H,9-10,13H2,1-3H3. The van der Waals surface area contributed by atoms with Crippen LogP contribution in [0.4, 0.5) is 0 Å². The van der Waals surface area contributed by atoms with Gasteiger partial charge in [-0.3, -0.25) is 9.59 Å². The van der Waals surface area contributed by atoms with Crippen molar-refractivity contribution in [1.82, 2.24) is 10.1 Å². The molecule has 0 bridgehead atoms. The number of aromatic nitrogens is 2. The summed E-state index contributed by atoms with van der Waals surface area (Å²) in [6.07, 6.45) is 0.325. The van der Waals surface area contributed by atoms with Crippen LogP contribution in [0.1, 0.15) is 39.4 Å². The zero-order valence-corrected chi connectivity index (χ0v) is 16.2. The van der Waals surface area contributed by atoms with Crippen LogP contribution in [-0.2, 0) is 16.0 Å². The highest BCUT2D eigenvalue weighted by atomic mass is 16.5. The van der Waals surface area contributed by atoms with E-state index in [0.29, 0.717) is 17.3 Å². The van der Waals surface area contributed by atoms with E-state index in [1.807, 2.05) is 63.2 Å². The summed E-state index contributed by atoms with van der Waals surface area (Å²) in [4.78, 5) is 28.6. The van der Waals surface area contributed by atoms with E-state index in [4.69, 9.17) is 9.26 Å². The van der Waals surface area contributed by atoms with Crippen molar-refractivity contribution in [2.75, 3.05) is 6.61 Å². The summed E-state index contributed by atoms with van der Waals surface area (Å²) >= 11 is 0. The molecule has 0 atom stereocenters. The number of benzene rings is 2. The van der Waals surface area contributed by atoms with Crippen molar-refractivity contribution in [3.05, 3.63) is 70.6 Å². The molecule has 0 aliphatic heterocycles. The third-order valence-electron chi connectivity index (χ3n) is 4.55. The van der Waals surface area contributed by atoms with Crippen molar-refractivity contribution >= 4 is 11.8 Å². The normalized spacial score (nSPS) is 10.7. The Balaban J connectivity index is 1.51. The van der Waals surface area contributed by atoms with Gasteiger partial charge < -0.3 is 9.26 Å². The Labute approximate surface area is 163 Å².